The van der Waals surface area contributed by atoms with Crippen LogP contribution in [0, 0.1) is 5.92 Å². The fraction of sp³-hybridized carbons (Fsp3) is 0.650. The number of ether oxygens (including phenoxy) is 1. The summed E-state index contributed by atoms with van der Waals surface area (Å²) in [5.41, 5.74) is 8.45. The van der Waals surface area contributed by atoms with Gasteiger partial charge in [-0.25, -0.2) is 0 Å². The van der Waals surface area contributed by atoms with Gasteiger partial charge in [0.1, 0.15) is 0 Å². The van der Waals surface area contributed by atoms with Gasteiger partial charge in [-0.3, -0.25) is 4.79 Å². The van der Waals surface area contributed by atoms with Crippen LogP contribution in [0.4, 0.5) is 5.69 Å². The number of para-hydroxylation sites is 1. The van der Waals surface area contributed by atoms with E-state index in [2.05, 4.69) is 23.1 Å². The first-order valence-corrected chi connectivity index (χ1v) is 9.43. The molecule has 2 N–H and O–H groups in total. The summed E-state index contributed by atoms with van der Waals surface area (Å²) in [4.78, 5) is 17.2. The Bertz CT molecular complexity index is 607. The van der Waals surface area contributed by atoms with Gasteiger partial charge >= 0.3 is 0 Å². The number of carbonyl (C=O) groups is 1. The molecule has 0 aromatic heterocycles. The number of carbonyl (C=O) groups excluding carboxylic acids is 1. The Morgan fingerprint density at radius 2 is 1.93 bits per heavy atom. The number of nitrogens with two attached hydrogens (primary N) is 1. The maximum Gasteiger partial charge on any atom is 0.227 e. The summed E-state index contributed by atoms with van der Waals surface area (Å²) in [6.07, 6.45) is 4.06. The van der Waals surface area contributed by atoms with Crippen LogP contribution in [0.1, 0.15) is 38.2 Å². The molecule has 1 heterocycles. The van der Waals surface area contributed by atoms with Crippen LogP contribution in [-0.4, -0.2) is 49.7 Å². The molecule has 2 fully saturated rings. The third kappa shape index (κ3) is 5.74. The third-order valence-electron chi connectivity index (χ3n) is 5.68. The standard InChI is InChI=1S/C20H31N3O2.2ClH/c1-20(21)10-6-5-8-17(20)19(24)22(2)15-16-7-3-4-9-18(16)23-11-13-25-14-12-23;;/h3-4,7,9,17H,5-6,8,10-15,21H2,1-2H3;2*1H. The van der Waals surface area contributed by atoms with Gasteiger partial charge in [-0.05, 0) is 31.4 Å². The summed E-state index contributed by atoms with van der Waals surface area (Å²) in [6.45, 7) is 5.98. The summed E-state index contributed by atoms with van der Waals surface area (Å²) >= 11 is 0. The zero-order valence-electron chi connectivity index (χ0n) is 16.4. The van der Waals surface area contributed by atoms with Crippen molar-refractivity contribution in [2.45, 2.75) is 44.7 Å². The van der Waals surface area contributed by atoms with Crippen molar-refractivity contribution in [3.05, 3.63) is 29.8 Å². The molecule has 3 rings (SSSR count). The molecular formula is C20H33Cl2N3O2. The lowest BCUT2D eigenvalue weighted by Crippen LogP contribution is -2.53. The molecule has 7 heteroatoms. The lowest BCUT2D eigenvalue weighted by Gasteiger charge is -2.39. The number of nitrogens with zero attached hydrogens (tertiary/aromatic N) is 2. The Kier molecular flexibility index (Phi) is 9.35. The lowest BCUT2D eigenvalue weighted by atomic mass is 9.74. The number of amides is 1. The van der Waals surface area contributed by atoms with E-state index in [4.69, 9.17) is 10.5 Å². The van der Waals surface area contributed by atoms with Crippen LogP contribution in [0.15, 0.2) is 24.3 Å². The second-order valence-electron chi connectivity index (χ2n) is 7.73. The van der Waals surface area contributed by atoms with E-state index in [0.717, 1.165) is 52.0 Å². The molecule has 0 bridgehead atoms. The number of hydrogen-bond donors (Lipinski definition) is 1. The SMILES string of the molecule is CN(Cc1ccccc1N1CCOCC1)C(=O)C1CCCCC1(C)N.Cl.Cl. The van der Waals surface area contributed by atoms with Crippen LogP contribution >= 0.6 is 24.8 Å². The van der Waals surface area contributed by atoms with E-state index >= 15 is 0 Å². The molecule has 0 spiro atoms. The van der Waals surface area contributed by atoms with Gasteiger partial charge in [0.25, 0.3) is 0 Å². The van der Waals surface area contributed by atoms with Crippen LogP contribution in [0.3, 0.4) is 0 Å². The number of rotatable bonds is 4. The fourth-order valence-corrected chi connectivity index (χ4v) is 4.12. The molecule has 1 aliphatic carbocycles. The highest BCUT2D eigenvalue weighted by Gasteiger charge is 2.39. The zero-order valence-corrected chi connectivity index (χ0v) is 18.0. The first kappa shape index (κ1) is 24.0. The van der Waals surface area contributed by atoms with Crippen molar-refractivity contribution in [2.24, 2.45) is 11.7 Å². The predicted octanol–water partition coefficient (Wildman–Crippen LogP) is 3.23. The van der Waals surface area contributed by atoms with Crippen molar-refractivity contribution in [3.63, 3.8) is 0 Å². The van der Waals surface area contributed by atoms with Crippen molar-refractivity contribution < 1.29 is 9.53 Å². The van der Waals surface area contributed by atoms with Crippen molar-refractivity contribution >= 4 is 36.4 Å². The Hall–Kier alpha value is -1.01. The molecular weight excluding hydrogens is 385 g/mol. The first-order chi connectivity index (χ1) is 12.0. The van der Waals surface area contributed by atoms with E-state index in [1.165, 1.54) is 11.3 Å². The van der Waals surface area contributed by atoms with Crippen molar-refractivity contribution in [1.29, 1.82) is 0 Å². The van der Waals surface area contributed by atoms with Gasteiger partial charge in [-0.15, -0.1) is 24.8 Å². The highest BCUT2D eigenvalue weighted by atomic mass is 35.5. The quantitative estimate of drug-likeness (QED) is 0.816. The van der Waals surface area contributed by atoms with Crippen LogP contribution in [0.5, 0.6) is 0 Å². The van der Waals surface area contributed by atoms with Gasteiger partial charge in [0, 0.05) is 37.9 Å². The van der Waals surface area contributed by atoms with Crippen LogP contribution in [0.25, 0.3) is 0 Å². The average Bonchev–Trinajstić information content (AvgIpc) is 2.62. The molecule has 5 nitrogen and oxygen atoms in total. The maximum absolute atomic E-state index is 13.0. The summed E-state index contributed by atoms with van der Waals surface area (Å²) in [7, 11) is 1.91. The van der Waals surface area contributed by atoms with Gasteiger partial charge in [-0.2, -0.15) is 0 Å². The molecule has 0 radical (unpaired) electrons. The Morgan fingerprint density at radius 1 is 1.26 bits per heavy atom. The minimum absolute atomic E-state index is 0. The summed E-state index contributed by atoms with van der Waals surface area (Å²) in [5, 5.41) is 0. The molecule has 1 saturated heterocycles. The van der Waals surface area contributed by atoms with E-state index < -0.39 is 0 Å². The van der Waals surface area contributed by atoms with Gasteiger partial charge in [0.05, 0.1) is 19.1 Å². The molecule has 1 aliphatic heterocycles. The molecule has 1 amide bonds. The van der Waals surface area contributed by atoms with E-state index in [1.54, 1.807) is 0 Å². The molecule has 154 valence electrons. The second kappa shape index (κ2) is 10.5. The second-order valence-corrected chi connectivity index (χ2v) is 7.73. The molecule has 1 aromatic carbocycles. The maximum atomic E-state index is 13.0. The minimum Gasteiger partial charge on any atom is -0.378 e. The van der Waals surface area contributed by atoms with Gasteiger partial charge in [0.2, 0.25) is 5.91 Å². The topological polar surface area (TPSA) is 58.8 Å². The van der Waals surface area contributed by atoms with Crippen LogP contribution in [0.2, 0.25) is 0 Å². The average molecular weight is 418 g/mol. The predicted molar refractivity (Wildman–Crippen MR) is 115 cm³/mol. The van der Waals surface area contributed by atoms with Crippen molar-refractivity contribution in [3.8, 4) is 0 Å². The number of morpholine rings is 1. The lowest BCUT2D eigenvalue weighted by molar-refractivity contribution is -0.138. The Morgan fingerprint density at radius 3 is 2.59 bits per heavy atom. The van der Waals surface area contributed by atoms with Crippen LogP contribution < -0.4 is 10.6 Å². The normalized spacial score (nSPS) is 25.1. The number of benzene rings is 1. The molecule has 1 saturated carbocycles. The highest BCUT2D eigenvalue weighted by molar-refractivity contribution is 5.85. The van der Waals surface area contributed by atoms with Gasteiger partial charge < -0.3 is 20.3 Å². The number of halogens is 2. The highest BCUT2D eigenvalue weighted by Crippen LogP contribution is 2.33. The van der Waals surface area contributed by atoms with E-state index in [-0.39, 0.29) is 42.2 Å². The van der Waals surface area contributed by atoms with Crippen LogP contribution in [-0.2, 0) is 16.1 Å². The smallest absolute Gasteiger partial charge is 0.227 e. The summed E-state index contributed by atoms with van der Waals surface area (Å²) in [6, 6.07) is 8.38. The largest absolute Gasteiger partial charge is 0.378 e. The summed E-state index contributed by atoms with van der Waals surface area (Å²) < 4.78 is 5.46. The monoisotopic (exact) mass is 417 g/mol. The molecule has 1 aromatic rings. The van der Waals surface area contributed by atoms with Crippen molar-refractivity contribution in [2.75, 3.05) is 38.3 Å². The first-order valence-electron chi connectivity index (χ1n) is 9.43. The number of anilines is 1. The zero-order chi connectivity index (χ0) is 17.9. The Labute approximate surface area is 175 Å². The third-order valence-corrected chi connectivity index (χ3v) is 5.68. The molecule has 2 unspecified atom stereocenters. The molecule has 2 atom stereocenters. The number of hydrogen-bond acceptors (Lipinski definition) is 4. The van der Waals surface area contributed by atoms with Gasteiger partial charge in [-0.1, -0.05) is 31.0 Å². The molecule has 27 heavy (non-hydrogen) atoms. The fourth-order valence-electron chi connectivity index (χ4n) is 4.12. The van der Waals surface area contributed by atoms with E-state index in [0.29, 0.717) is 6.54 Å². The Balaban J connectivity index is 0.00000182. The van der Waals surface area contributed by atoms with Gasteiger partial charge in [0.15, 0.2) is 0 Å². The minimum atomic E-state index is -0.382. The molecule has 2 aliphatic rings. The van der Waals surface area contributed by atoms with E-state index in [1.807, 2.05) is 24.9 Å². The summed E-state index contributed by atoms with van der Waals surface area (Å²) in [5.74, 6) is 0.114. The van der Waals surface area contributed by atoms with Crippen molar-refractivity contribution in [1.82, 2.24) is 4.90 Å². The van der Waals surface area contributed by atoms with E-state index in [9.17, 15) is 4.79 Å².